The van der Waals surface area contributed by atoms with Crippen molar-refractivity contribution in [3.05, 3.63) is 34.2 Å². The quantitative estimate of drug-likeness (QED) is 0.459. The average molecular weight is 443 g/mol. The number of carbonyl (C=O) groups is 1. The van der Waals surface area contributed by atoms with E-state index in [-0.39, 0.29) is 18.0 Å². The average Bonchev–Trinajstić information content (AvgIpc) is 3.35. The molecule has 1 aliphatic heterocycles. The molecule has 1 aliphatic carbocycles. The molecule has 2 aromatic heterocycles. The fourth-order valence-corrected chi connectivity index (χ4v) is 5.94. The van der Waals surface area contributed by atoms with Crippen LogP contribution in [0.3, 0.4) is 0 Å². The predicted octanol–water partition coefficient (Wildman–Crippen LogP) is 3.68. The highest BCUT2D eigenvalue weighted by atomic mass is 32.2. The number of anilines is 1. The van der Waals surface area contributed by atoms with Gasteiger partial charge in [-0.05, 0) is 55.9 Å². The minimum Gasteiger partial charge on any atom is -0.454 e. The number of nitrogens with zero attached hydrogens (tertiary/aromatic N) is 2. The summed E-state index contributed by atoms with van der Waals surface area (Å²) in [5.41, 5.74) is 8.55. The van der Waals surface area contributed by atoms with E-state index in [1.807, 2.05) is 25.1 Å². The summed E-state index contributed by atoms with van der Waals surface area (Å²) < 4.78 is 10.7. The Labute approximate surface area is 182 Å². The van der Waals surface area contributed by atoms with Crippen LogP contribution in [0.5, 0.6) is 11.5 Å². The molecule has 30 heavy (non-hydrogen) atoms. The monoisotopic (exact) mass is 442 g/mol. The zero-order valence-electron chi connectivity index (χ0n) is 16.6. The molecular formula is C21H22N4O3S2. The number of nitrogens with one attached hydrogen (secondary N) is 1. The van der Waals surface area contributed by atoms with E-state index in [1.165, 1.54) is 35.0 Å². The molecule has 156 valence electrons. The Morgan fingerprint density at radius 1 is 1.27 bits per heavy atom. The van der Waals surface area contributed by atoms with E-state index in [0.717, 1.165) is 34.4 Å². The van der Waals surface area contributed by atoms with E-state index in [2.05, 4.69) is 10.3 Å². The molecule has 7 nitrogen and oxygen atoms in total. The van der Waals surface area contributed by atoms with Gasteiger partial charge in [0.25, 0.3) is 0 Å². The number of hydrogen-bond donors (Lipinski definition) is 2. The summed E-state index contributed by atoms with van der Waals surface area (Å²) >= 11 is 3.04. The highest BCUT2D eigenvalue weighted by Crippen LogP contribution is 2.39. The number of thioether (sulfide) groups is 1. The van der Waals surface area contributed by atoms with Gasteiger partial charge < -0.3 is 20.5 Å². The van der Waals surface area contributed by atoms with Gasteiger partial charge in [0.05, 0.1) is 10.6 Å². The topological polar surface area (TPSA) is 99.4 Å². The van der Waals surface area contributed by atoms with Gasteiger partial charge >= 0.3 is 0 Å². The van der Waals surface area contributed by atoms with Crippen LogP contribution in [0.2, 0.25) is 0 Å². The third-order valence-corrected chi connectivity index (χ3v) is 7.52. The molecule has 1 atom stereocenters. The Morgan fingerprint density at radius 2 is 2.10 bits per heavy atom. The van der Waals surface area contributed by atoms with Crippen LogP contribution in [0.1, 0.15) is 35.8 Å². The number of thiophene rings is 1. The number of hydrogen-bond acceptors (Lipinski definition) is 8. The molecule has 1 aromatic carbocycles. The van der Waals surface area contributed by atoms with Gasteiger partial charge in [0.1, 0.15) is 10.6 Å². The molecule has 0 bridgehead atoms. The summed E-state index contributed by atoms with van der Waals surface area (Å²) in [6, 6.07) is 5.66. The Balaban J connectivity index is 1.26. The third kappa shape index (κ3) is 3.67. The molecule has 0 saturated heterocycles. The molecule has 0 radical (unpaired) electrons. The summed E-state index contributed by atoms with van der Waals surface area (Å²) in [7, 11) is 0. The highest BCUT2D eigenvalue weighted by molar-refractivity contribution is 8.00. The summed E-state index contributed by atoms with van der Waals surface area (Å²) in [4.78, 5) is 24.1. The first-order valence-corrected chi connectivity index (χ1v) is 11.7. The zero-order valence-corrected chi connectivity index (χ0v) is 18.2. The lowest BCUT2D eigenvalue weighted by Gasteiger charge is -2.12. The van der Waals surface area contributed by atoms with Crippen LogP contribution in [0, 0.1) is 0 Å². The Bertz CT molecular complexity index is 1130. The Kier molecular flexibility index (Phi) is 5.16. The van der Waals surface area contributed by atoms with Crippen molar-refractivity contribution in [3.8, 4) is 11.5 Å². The number of amides is 1. The standard InChI is InChI=1S/C21H22N4O3S2/c1-11(19(26)23-9-12-6-7-14-15(8-12)28-10-27-14)29-21-24-18(22)17-13-4-2-3-5-16(13)30-20(17)25-21/h6-8,11H,2-5,9-10H2,1H3,(H,23,26)(H2,22,24,25). The van der Waals surface area contributed by atoms with Crippen molar-refractivity contribution in [3.63, 3.8) is 0 Å². The maximum atomic E-state index is 12.6. The van der Waals surface area contributed by atoms with Gasteiger partial charge in [-0.2, -0.15) is 0 Å². The molecule has 0 spiro atoms. The van der Waals surface area contributed by atoms with Crippen LogP contribution in [-0.2, 0) is 24.2 Å². The van der Waals surface area contributed by atoms with Crippen molar-refractivity contribution in [1.82, 2.24) is 15.3 Å². The van der Waals surface area contributed by atoms with Crippen LogP contribution in [0.4, 0.5) is 5.82 Å². The lowest BCUT2D eigenvalue weighted by Crippen LogP contribution is -2.30. The van der Waals surface area contributed by atoms with E-state index in [0.29, 0.717) is 23.3 Å². The summed E-state index contributed by atoms with van der Waals surface area (Å²) in [6.45, 7) is 2.50. The van der Waals surface area contributed by atoms with Crippen LogP contribution < -0.4 is 20.5 Å². The van der Waals surface area contributed by atoms with E-state index in [9.17, 15) is 4.79 Å². The number of benzene rings is 1. The largest absolute Gasteiger partial charge is 0.454 e. The maximum absolute atomic E-state index is 12.6. The number of rotatable bonds is 5. The van der Waals surface area contributed by atoms with Crippen LogP contribution >= 0.6 is 23.1 Å². The normalized spacial score (nSPS) is 15.8. The highest BCUT2D eigenvalue weighted by Gasteiger charge is 2.22. The molecule has 9 heteroatoms. The number of aromatic nitrogens is 2. The predicted molar refractivity (Wildman–Crippen MR) is 118 cm³/mol. The molecule has 1 unspecified atom stereocenters. The molecule has 0 fully saturated rings. The van der Waals surface area contributed by atoms with Crippen LogP contribution in [-0.4, -0.2) is 27.9 Å². The number of nitrogens with two attached hydrogens (primary N) is 1. The van der Waals surface area contributed by atoms with Gasteiger partial charge in [-0.25, -0.2) is 9.97 Å². The summed E-state index contributed by atoms with van der Waals surface area (Å²) in [5, 5.41) is 4.18. The Hall–Kier alpha value is -2.52. The van der Waals surface area contributed by atoms with Crippen LogP contribution in [0.15, 0.2) is 23.4 Å². The molecule has 0 saturated carbocycles. The first-order chi connectivity index (χ1) is 14.6. The maximum Gasteiger partial charge on any atom is 0.233 e. The van der Waals surface area contributed by atoms with Gasteiger partial charge in [0.15, 0.2) is 16.7 Å². The van der Waals surface area contributed by atoms with E-state index in [1.54, 1.807) is 11.3 Å². The van der Waals surface area contributed by atoms with Crippen molar-refractivity contribution < 1.29 is 14.3 Å². The Morgan fingerprint density at radius 3 is 3.00 bits per heavy atom. The second kappa shape index (κ2) is 7.96. The van der Waals surface area contributed by atoms with Gasteiger partial charge in [0, 0.05) is 11.4 Å². The second-order valence-electron chi connectivity index (χ2n) is 7.45. The molecule has 3 aromatic rings. The molecule has 3 N–H and O–H groups in total. The number of ether oxygens (including phenoxy) is 2. The third-order valence-electron chi connectivity index (χ3n) is 5.38. The van der Waals surface area contributed by atoms with Gasteiger partial charge in [0.2, 0.25) is 12.7 Å². The van der Waals surface area contributed by atoms with Gasteiger partial charge in [-0.1, -0.05) is 17.8 Å². The van der Waals surface area contributed by atoms with Crippen molar-refractivity contribution in [2.75, 3.05) is 12.5 Å². The van der Waals surface area contributed by atoms with Crippen LogP contribution in [0.25, 0.3) is 10.2 Å². The van der Waals surface area contributed by atoms with E-state index >= 15 is 0 Å². The SMILES string of the molecule is CC(Sc1nc(N)c2c3c(sc2n1)CCCC3)C(=O)NCc1ccc2c(c1)OCO2. The van der Waals surface area contributed by atoms with Crippen molar-refractivity contribution in [2.45, 2.75) is 49.6 Å². The minimum absolute atomic E-state index is 0.0783. The molecule has 1 amide bonds. The first-order valence-electron chi connectivity index (χ1n) is 9.99. The number of aryl methyl sites for hydroxylation is 2. The van der Waals surface area contributed by atoms with Gasteiger partial charge in [-0.3, -0.25) is 4.79 Å². The molecule has 2 aliphatic rings. The second-order valence-corrected chi connectivity index (χ2v) is 9.84. The number of carbonyl (C=O) groups excluding carboxylic acids is 1. The smallest absolute Gasteiger partial charge is 0.233 e. The fourth-order valence-electron chi connectivity index (χ4n) is 3.81. The lowest BCUT2D eigenvalue weighted by molar-refractivity contribution is -0.120. The zero-order chi connectivity index (χ0) is 20.7. The summed E-state index contributed by atoms with van der Waals surface area (Å²) in [6.07, 6.45) is 4.55. The lowest BCUT2D eigenvalue weighted by atomic mass is 9.97. The number of nitrogen functional groups attached to an aromatic ring is 1. The van der Waals surface area contributed by atoms with E-state index in [4.69, 9.17) is 20.2 Å². The van der Waals surface area contributed by atoms with Crippen molar-refractivity contribution >= 4 is 45.0 Å². The van der Waals surface area contributed by atoms with Crippen molar-refractivity contribution in [1.29, 1.82) is 0 Å². The fraction of sp³-hybridized carbons (Fsp3) is 0.381. The molecule has 3 heterocycles. The minimum atomic E-state index is -0.342. The molecule has 5 rings (SSSR count). The van der Waals surface area contributed by atoms with Gasteiger partial charge in [-0.15, -0.1) is 11.3 Å². The molecular weight excluding hydrogens is 420 g/mol. The van der Waals surface area contributed by atoms with Crippen molar-refractivity contribution in [2.24, 2.45) is 0 Å². The summed E-state index contributed by atoms with van der Waals surface area (Å²) in [5.74, 6) is 1.88. The number of fused-ring (bicyclic) bond motifs is 4. The first kappa shape index (κ1) is 19.4. The van der Waals surface area contributed by atoms with E-state index < -0.39 is 0 Å².